The van der Waals surface area contributed by atoms with Gasteiger partial charge in [-0.15, -0.1) is 0 Å². The molecular formula is C47H56N8O4. The molecule has 3 N–H and O–H groups in total. The molecule has 2 aromatic heterocycles. The van der Waals surface area contributed by atoms with Crippen molar-refractivity contribution in [3.63, 3.8) is 0 Å². The van der Waals surface area contributed by atoms with Gasteiger partial charge in [0.25, 0.3) is 0 Å². The molecule has 3 fully saturated rings. The Labute approximate surface area is 346 Å². The Morgan fingerprint density at radius 2 is 1.15 bits per heavy atom. The lowest BCUT2D eigenvalue weighted by molar-refractivity contribution is -0.142. The van der Waals surface area contributed by atoms with Crippen molar-refractivity contribution in [3.8, 4) is 33.6 Å². The number of likely N-dealkylation sites (tertiary alicyclic amines) is 3. The van der Waals surface area contributed by atoms with Crippen LogP contribution in [0, 0.1) is 11.3 Å². The summed E-state index contributed by atoms with van der Waals surface area (Å²) in [6, 6.07) is 25.8. The van der Waals surface area contributed by atoms with E-state index < -0.39 is 6.09 Å². The van der Waals surface area contributed by atoms with E-state index >= 15 is 0 Å². The highest BCUT2D eigenvalue weighted by atomic mass is 16.4. The number of carbonyl (C=O) groups excluding carboxylic acids is 2. The second kappa shape index (κ2) is 16.5. The number of aromatic nitrogens is 4. The van der Waals surface area contributed by atoms with Crippen molar-refractivity contribution in [2.24, 2.45) is 11.3 Å². The largest absolute Gasteiger partial charge is 0.465 e. The van der Waals surface area contributed by atoms with Crippen molar-refractivity contribution in [1.82, 2.24) is 39.5 Å². The van der Waals surface area contributed by atoms with Crippen molar-refractivity contribution in [1.29, 1.82) is 0 Å². The first-order chi connectivity index (χ1) is 28.4. The second-order valence-electron chi connectivity index (χ2n) is 17.7. The van der Waals surface area contributed by atoms with E-state index in [9.17, 15) is 19.5 Å². The number of imidazole rings is 2. The van der Waals surface area contributed by atoms with Gasteiger partial charge >= 0.3 is 6.09 Å². The molecule has 12 heteroatoms. The van der Waals surface area contributed by atoms with Gasteiger partial charge in [-0.05, 0) is 85.9 Å². The molecule has 0 aliphatic carbocycles. The third-order valence-corrected chi connectivity index (χ3v) is 12.6. The van der Waals surface area contributed by atoms with Crippen LogP contribution in [0.4, 0.5) is 4.79 Å². The SMILES string of the molecule is CN(C)[C@@H](C(=O)N1CCC[C@H]1c1ncc(-c2ccc(-c3ccc(-c4cnc([C@@H]5CCCN5C(=O)[C@@H]5CCCN(C(=O)O)C5C(C)(C)C)[nH]4)cc3)cc2)[nH]1)c1ccccc1. The molecule has 12 nitrogen and oxygen atoms in total. The number of aromatic amines is 2. The molecule has 3 aliphatic heterocycles. The lowest BCUT2D eigenvalue weighted by atomic mass is 9.73. The van der Waals surface area contributed by atoms with Gasteiger partial charge in [-0.2, -0.15) is 0 Å². The van der Waals surface area contributed by atoms with E-state index in [0.29, 0.717) is 32.5 Å². The van der Waals surface area contributed by atoms with Crippen LogP contribution in [0.3, 0.4) is 0 Å². The third kappa shape index (κ3) is 8.02. The molecule has 3 aliphatic rings. The number of carbonyl (C=O) groups is 3. The number of amides is 3. The number of nitrogens with one attached hydrogen (secondary N) is 2. The van der Waals surface area contributed by atoms with E-state index in [2.05, 4.69) is 58.5 Å². The van der Waals surface area contributed by atoms with E-state index in [1.165, 1.54) is 4.90 Å². The topological polar surface area (TPSA) is 142 Å². The van der Waals surface area contributed by atoms with Crippen LogP contribution in [-0.4, -0.2) is 102 Å². The monoisotopic (exact) mass is 796 g/mol. The molecule has 5 aromatic rings. The zero-order chi connectivity index (χ0) is 41.4. The van der Waals surface area contributed by atoms with Crippen molar-refractivity contribution in [2.45, 2.75) is 83.5 Å². The number of rotatable bonds is 9. The highest BCUT2D eigenvalue weighted by molar-refractivity contribution is 5.84. The summed E-state index contributed by atoms with van der Waals surface area (Å²) in [6.07, 6.45) is 7.62. The molecule has 0 radical (unpaired) electrons. The quantitative estimate of drug-likeness (QED) is 0.136. The summed E-state index contributed by atoms with van der Waals surface area (Å²) in [5, 5.41) is 9.99. The average Bonchev–Trinajstić information content (AvgIpc) is 4.08. The number of piperidine rings is 1. The number of carboxylic acid groups (broad SMARTS) is 1. The predicted molar refractivity (Wildman–Crippen MR) is 228 cm³/mol. The minimum atomic E-state index is -0.956. The number of benzene rings is 3. The molecular weight excluding hydrogens is 741 g/mol. The van der Waals surface area contributed by atoms with Crippen molar-refractivity contribution in [2.75, 3.05) is 33.7 Å². The van der Waals surface area contributed by atoms with Crippen molar-refractivity contribution >= 4 is 17.9 Å². The summed E-state index contributed by atoms with van der Waals surface area (Å²) in [6.45, 7) is 7.89. The number of likely N-dealkylation sites (N-methyl/N-ethyl adjacent to an activating group) is 1. The van der Waals surface area contributed by atoms with Gasteiger partial charge in [0, 0.05) is 19.6 Å². The van der Waals surface area contributed by atoms with Crippen LogP contribution in [0.2, 0.25) is 0 Å². The van der Waals surface area contributed by atoms with E-state index in [-0.39, 0.29) is 47.3 Å². The molecule has 0 saturated carbocycles. The third-order valence-electron chi connectivity index (χ3n) is 12.6. The Morgan fingerprint density at radius 3 is 1.66 bits per heavy atom. The molecule has 1 unspecified atom stereocenters. The lowest BCUT2D eigenvalue weighted by Gasteiger charge is -2.47. The van der Waals surface area contributed by atoms with Crippen LogP contribution in [-0.2, 0) is 9.59 Å². The van der Waals surface area contributed by atoms with Crippen LogP contribution in [0.1, 0.15) is 94.6 Å². The van der Waals surface area contributed by atoms with Crippen LogP contribution in [0.25, 0.3) is 33.6 Å². The van der Waals surface area contributed by atoms with E-state index in [1.54, 1.807) is 0 Å². The minimum Gasteiger partial charge on any atom is -0.465 e. The lowest BCUT2D eigenvalue weighted by Crippen LogP contribution is -2.58. The maximum absolute atomic E-state index is 14.2. The van der Waals surface area contributed by atoms with Crippen LogP contribution in [0.15, 0.2) is 91.3 Å². The fraction of sp³-hybridized carbons (Fsp3) is 0.426. The summed E-state index contributed by atoms with van der Waals surface area (Å²) in [5.74, 6) is 1.33. The molecule has 3 amide bonds. The van der Waals surface area contributed by atoms with Gasteiger partial charge < -0.3 is 29.8 Å². The summed E-state index contributed by atoms with van der Waals surface area (Å²) in [4.78, 5) is 64.3. The minimum absolute atomic E-state index is 0.0319. The van der Waals surface area contributed by atoms with Gasteiger partial charge in [-0.3, -0.25) is 14.5 Å². The molecule has 308 valence electrons. The number of H-pyrrole nitrogens is 2. The van der Waals surface area contributed by atoms with Gasteiger partial charge in [0.15, 0.2) is 0 Å². The van der Waals surface area contributed by atoms with Crippen molar-refractivity contribution < 1.29 is 19.5 Å². The highest BCUT2D eigenvalue weighted by Gasteiger charge is 2.48. The number of hydrogen-bond acceptors (Lipinski definition) is 6. The number of hydrogen-bond donors (Lipinski definition) is 3. The smallest absolute Gasteiger partial charge is 0.407 e. The van der Waals surface area contributed by atoms with Crippen LogP contribution in [0.5, 0.6) is 0 Å². The van der Waals surface area contributed by atoms with Gasteiger partial charge in [-0.1, -0.05) is 99.6 Å². The molecule has 0 spiro atoms. The Balaban J connectivity index is 0.926. The van der Waals surface area contributed by atoms with E-state index in [4.69, 9.17) is 9.97 Å². The number of nitrogens with zero attached hydrogens (tertiary/aromatic N) is 6. The maximum Gasteiger partial charge on any atom is 0.407 e. The Hall–Kier alpha value is -5.75. The molecule has 8 rings (SSSR count). The van der Waals surface area contributed by atoms with Gasteiger partial charge in [0.05, 0.1) is 47.8 Å². The first kappa shape index (κ1) is 40.0. The van der Waals surface area contributed by atoms with Gasteiger partial charge in [-0.25, -0.2) is 14.8 Å². The normalized spacial score (nSPS) is 21.6. The molecule has 5 heterocycles. The van der Waals surface area contributed by atoms with Gasteiger partial charge in [0.2, 0.25) is 11.8 Å². The zero-order valence-electron chi connectivity index (χ0n) is 34.8. The maximum atomic E-state index is 14.2. The fourth-order valence-corrected chi connectivity index (χ4v) is 9.83. The highest BCUT2D eigenvalue weighted by Crippen LogP contribution is 2.41. The first-order valence-corrected chi connectivity index (χ1v) is 21.0. The van der Waals surface area contributed by atoms with E-state index in [0.717, 1.165) is 76.5 Å². The Bertz CT molecular complexity index is 2260. The molecule has 0 bridgehead atoms. The van der Waals surface area contributed by atoms with Crippen molar-refractivity contribution in [3.05, 3.63) is 108 Å². The fourth-order valence-electron chi connectivity index (χ4n) is 9.83. The van der Waals surface area contributed by atoms with Gasteiger partial charge in [0.1, 0.15) is 17.7 Å². The zero-order valence-corrected chi connectivity index (χ0v) is 34.8. The summed E-state index contributed by atoms with van der Waals surface area (Å²) >= 11 is 0. The Morgan fingerprint density at radius 1 is 0.678 bits per heavy atom. The van der Waals surface area contributed by atoms with Crippen LogP contribution < -0.4 is 0 Å². The molecule has 59 heavy (non-hydrogen) atoms. The van der Waals surface area contributed by atoms with Crippen LogP contribution >= 0.6 is 0 Å². The average molecular weight is 797 g/mol. The van der Waals surface area contributed by atoms with E-state index in [1.807, 2.05) is 92.3 Å². The first-order valence-electron chi connectivity index (χ1n) is 21.0. The molecule has 5 atom stereocenters. The molecule has 3 saturated heterocycles. The predicted octanol–water partition coefficient (Wildman–Crippen LogP) is 8.57. The second-order valence-corrected chi connectivity index (χ2v) is 17.7. The Kier molecular flexibility index (Phi) is 11.2. The summed E-state index contributed by atoms with van der Waals surface area (Å²) < 4.78 is 0. The standard InChI is InChI=1S/C47H56N8O4/c1-47(2,3)41-35(14-9-27-55(41)46(58)59)44(56)53-25-10-15-38(53)42-48-28-36(50-42)32-21-17-30(18-22-32)31-19-23-33(24-20-31)37-29-49-43(51-37)39-16-11-26-54(39)45(57)40(52(4)5)34-12-7-6-8-13-34/h6-8,12-13,17-24,28-29,35,38-41H,9-11,14-16,25-27H2,1-5H3,(H,48,50)(H,49,51)(H,58,59)/t35-,38+,39+,40-,41?/m1/s1. The summed E-state index contributed by atoms with van der Waals surface area (Å²) in [7, 11) is 3.91. The summed E-state index contributed by atoms with van der Waals surface area (Å²) in [5.41, 5.74) is 6.63. The molecule has 3 aromatic carbocycles.